The van der Waals surface area contributed by atoms with Crippen LogP contribution >= 0.6 is 0 Å². The molecule has 71 heavy (non-hydrogen) atoms. The second-order valence-electron chi connectivity index (χ2n) is 19.2. The Labute approximate surface area is 415 Å². The third-order valence-electron chi connectivity index (χ3n) is 15.1. The summed E-state index contributed by atoms with van der Waals surface area (Å²) in [5.41, 5.74) is 25.0. The second kappa shape index (κ2) is 16.9. The van der Waals surface area contributed by atoms with E-state index in [2.05, 4.69) is 276 Å². The summed E-state index contributed by atoms with van der Waals surface area (Å²) in [7, 11) is 0. The van der Waals surface area contributed by atoms with Gasteiger partial charge in [-0.1, -0.05) is 194 Å². The summed E-state index contributed by atoms with van der Waals surface area (Å²) in [5, 5.41) is 2.49. The van der Waals surface area contributed by atoms with E-state index < -0.39 is 0 Å². The highest BCUT2D eigenvalue weighted by atomic mass is 15.1. The van der Waals surface area contributed by atoms with Gasteiger partial charge in [0.2, 0.25) is 0 Å². The number of nitrogens with zero attached hydrogens (tertiary/aromatic N) is 2. The fourth-order valence-corrected chi connectivity index (χ4v) is 11.6. The van der Waals surface area contributed by atoms with E-state index in [1.165, 1.54) is 106 Å². The average Bonchev–Trinajstić information content (AvgIpc) is 4.20. The minimum atomic E-state index is 0.592. The quantitative estimate of drug-likeness (QED) is 0.140. The molecule has 0 N–H and O–H groups in total. The first-order valence-electron chi connectivity index (χ1n) is 24.9. The van der Waals surface area contributed by atoms with E-state index in [0.29, 0.717) is 11.8 Å². The van der Waals surface area contributed by atoms with Crippen LogP contribution in [0.25, 0.3) is 94.3 Å². The maximum Gasteiger partial charge on any atom is 0.0541 e. The number of fused-ring (bicyclic) bond motifs is 9. The normalized spacial score (nSPS) is 14.4. The van der Waals surface area contributed by atoms with E-state index >= 15 is 0 Å². The first kappa shape index (κ1) is 41.0. The number of para-hydroxylation sites is 1. The van der Waals surface area contributed by atoms with E-state index in [-0.39, 0.29) is 0 Å². The van der Waals surface area contributed by atoms with E-state index in [1.54, 1.807) is 0 Å². The van der Waals surface area contributed by atoms with Gasteiger partial charge in [0.05, 0.1) is 11.0 Å². The van der Waals surface area contributed by atoms with Gasteiger partial charge in [-0.25, -0.2) is 0 Å². The van der Waals surface area contributed by atoms with E-state index in [9.17, 15) is 0 Å². The van der Waals surface area contributed by atoms with Gasteiger partial charge in [-0.05, 0) is 169 Å². The molecule has 1 aromatic heterocycles. The van der Waals surface area contributed by atoms with Crippen LogP contribution in [0.4, 0.5) is 17.1 Å². The van der Waals surface area contributed by atoms with Crippen LogP contribution in [0.5, 0.6) is 0 Å². The van der Waals surface area contributed by atoms with Crippen molar-refractivity contribution in [3.63, 3.8) is 0 Å². The Morgan fingerprint density at radius 1 is 0.296 bits per heavy atom. The predicted molar refractivity (Wildman–Crippen MR) is 298 cm³/mol. The molecule has 0 amide bonds. The predicted octanol–water partition coefficient (Wildman–Crippen LogP) is 18.8. The fraction of sp³-hybridized carbons (Fsp3) is 0.0435. The van der Waals surface area contributed by atoms with E-state index in [0.717, 1.165) is 22.7 Å². The highest BCUT2D eigenvalue weighted by molar-refractivity contribution is 6.10. The molecule has 334 valence electrons. The largest absolute Gasteiger partial charge is 0.311 e. The van der Waals surface area contributed by atoms with Crippen LogP contribution in [0.1, 0.15) is 29.4 Å². The minimum absolute atomic E-state index is 0.592. The van der Waals surface area contributed by atoms with Gasteiger partial charge < -0.3 is 9.47 Å². The molecule has 2 aliphatic rings. The molecular weight excluding hydrogens is 857 g/mol. The maximum atomic E-state index is 2.40. The number of hydrogen-bond acceptors (Lipinski definition) is 1. The van der Waals surface area contributed by atoms with Crippen molar-refractivity contribution >= 4 is 38.9 Å². The van der Waals surface area contributed by atoms with Gasteiger partial charge >= 0.3 is 0 Å². The Morgan fingerprint density at radius 2 is 0.746 bits per heavy atom. The Kier molecular flexibility index (Phi) is 9.77. The van der Waals surface area contributed by atoms with E-state index in [1.807, 2.05) is 0 Å². The number of hydrogen-bond donors (Lipinski definition) is 0. The minimum Gasteiger partial charge on any atom is -0.311 e. The zero-order chi connectivity index (χ0) is 46.8. The summed E-state index contributed by atoms with van der Waals surface area (Å²) in [5.74, 6) is 1.22. The maximum absolute atomic E-state index is 2.40. The molecule has 2 heteroatoms. The van der Waals surface area contributed by atoms with Crippen LogP contribution in [0, 0.1) is 0 Å². The lowest BCUT2D eigenvalue weighted by Crippen LogP contribution is -2.10. The summed E-state index contributed by atoms with van der Waals surface area (Å²) in [6.07, 6.45) is 1.23. The van der Waals surface area contributed by atoms with Gasteiger partial charge in [0.15, 0.2) is 0 Å². The summed E-state index contributed by atoms with van der Waals surface area (Å²) in [6.45, 7) is 0. The Bertz CT molecular complexity index is 3920. The molecule has 2 aliphatic carbocycles. The lowest BCUT2D eigenvalue weighted by molar-refractivity contribution is 1.01. The van der Waals surface area contributed by atoms with Crippen molar-refractivity contribution in [3.05, 3.63) is 278 Å². The molecule has 0 spiro atoms. The first-order valence-corrected chi connectivity index (χ1v) is 24.9. The van der Waals surface area contributed by atoms with Gasteiger partial charge in [0.25, 0.3) is 0 Å². The van der Waals surface area contributed by atoms with Crippen LogP contribution in [0.15, 0.2) is 267 Å². The molecule has 2 unspecified atom stereocenters. The Balaban J connectivity index is 0.822. The molecule has 12 aromatic rings. The molecule has 0 saturated heterocycles. The Hall–Kier alpha value is -8.98. The summed E-state index contributed by atoms with van der Waals surface area (Å²) in [6, 6.07) is 98.1. The van der Waals surface area contributed by atoms with Crippen LogP contribution in [0.3, 0.4) is 0 Å². The van der Waals surface area contributed by atoms with Crippen molar-refractivity contribution in [1.82, 2.24) is 4.57 Å². The summed E-state index contributed by atoms with van der Waals surface area (Å²) in [4.78, 5) is 2.39. The highest BCUT2D eigenvalue weighted by Crippen LogP contribution is 2.64. The van der Waals surface area contributed by atoms with Gasteiger partial charge in [0, 0.05) is 33.5 Å². The molecule has 2 nitrogen and oxygen atoms in total. The number of rotatable bonds is 9. The molecule has 1 saturated carbocycles. The van der Waals surface area contributed by atoms with Crippen LogP contribution in [-0.2, 0) is 0 Å². The van der Waals surface area contributed by atoms with Crippen molar-refractivity contribution in [2.45, 2.75) is 18.3 Å². The first-order chi connectivity index (χ1) is 35.2. The molecule has 0 aliphatic heterocycles. The monoisotopic (exact) mass is 904 g/mol. The molecule has 0 radical (unpaired) electrons. The van der Waals surface area contributed by atoms with Crippen LogP contribution in [0.2, 0.25) is 0 Å². The molecule has 11 aromatic carbocycles. The van der Waals surface area contributed by atoms with Gasteiger partial charge in [0.1, 0.15) is 0 Å². The van der Waals surface area contributed by atoms with Gasteiger partial charge in [-0.2, -0.15) is 0 Å². The lowest BCUT2D eigenvalue weighted by atomic mass is 9.82. The fourth-order valence-electron chi connectivity index (χ4n) is 11.6. The SMILES string of the molecule is c1ccc(-c2ccc(-n3c4ccccc4c4cc(-c5ccc(N(c6ccc(-c7cccc(-c8ccccc8)c7)cc6)c6ccc(-c7cccc8c7C7CC7c7ccccc7-8)cc6)cc5)ccc43)cc2)cc1. The molecule has 2 atom stereocenters. The van der Waals surface area contributed by atoms with Gasteiger partial charge in [-0.3, -0.25) is 0 Å². The Morgan fingerprint density at radius 3 is 1.42 bits per heavy atom. The second-order valence-corrected chi connectivity index (χ2v) is 19.2. The smallest absolute Gasteiger partial charge is 0.0541 e. The van der Waals surface area contributed by atoms with Crippen molar-refractivity contribution in [2.24, 2.45) is 0 Å². The zero-order valence-corrected chi connectivity index (χ0v) is 39.2. The van der Waals surface area contributed by atoms with Crippen LogP contribution < -0.4 is 4.90 Å². The van der Waals surface area contributed by atoms with Crippen molar-refractivity contribution in [3.8, 4) is 72.4 Å². The molecule has 0 bridgehead atoms. The van der Waals surface area contributed by atoms with Crippen LogP contribution in [-0.4, -0.2) is 4.57 Å². The number of anilines is 3. The number of benzene rings is 11. The van der Waals surface area contributed by atoms with Crippen molar-refractivity contribution in [1.29, 1.82) is 0 Å². The third kappa shape index (κ3) is 7.18. The van der Waals surface area contributed by atoms with Crippen molar-refractivity contribution < 1.29 is 0 Å². The molecule has 1 fully saturated rings. The lowest BCUT2D eigenvalue weighted by Gasteiger charge is -2.27. The summed E-state index contributed by atoms with van der Waals surface area (Å²) < 4.78 is 2.40. The topological polar surface area (TPSA) is 8.17 Å². The third-order valence-corrected chi connectivity index (χ3v) is 15.1. The molecule has 1 heterocycles. The number of aromatic nitrogens is 1. The van der Waals surface area contributed by atoms with Gasteiger partial charge in [-0.15, -0.1) is 0 Å². The highest BCUT2D eigenvalue weighted by Gasteiger charge is 2.46. The summed E-state index contributed by atoms with van der Waals surface area (Å²) >= 11 is 0. The molecule has 14 rings (SSSR count). The standard InChI is InChI=1S/C69H48N2/c1-3-13-46(14-4-1)48-25-38-58(39-26-48)71-67-24-10-9-21-62(67)65-44-54(33-42-68(65)71)50-29-36-56(37-30-50)70(55-34-27-49(28-35-55)53-18-11-17-52(43-53)47-15-5-2-6-16-47)57-40-31-51(32-41-57)59-22-12-23-63-60-19-7-8-20-61(60)64-45-66(64)69(59)63/h1-44,64,66H,45H2. The zero-order valence-electron chi connectivity index (χ0n) is 39.2. The van der Waals surface area contributed by atoms with E-state index in [4.69, 9.17) is 0 Å². The average molecular weight is 905 g/mol. The van der Waals surface area contributed by atoms with Crippen molar-refractivity contribution in [2.75, 3.05) is 4.90 Å². The molecular formula is C69H48N2.